The van der Waals surface area contributed by atoms with Crippen LogP contribution in [0.2, 0.25) is 0 Å². The van der Waals surface area contributed by atoms with Gasteiger partial charge in [-0.1, -0.05) is 12.1 Å². The fraction of sp³-hybridized carbons (Fsp3) is 0.133. The number of hydrogen-bond acceptors (Lipinski definition) is 4. The van der Waals surface area contributed by atoms with Crippen LogP contribution in [-0.4, -0.2) is 23.2 Å². The van der Waals surface area contributed by atoms with Gasteiger partial charge in [0, 0.05) is 16.8 Å². The summed E-state index contributed by atoms with van der Waals surface area (Å²) < 4.78 is 6.14. The van der Waals surface area contributed by atoms with Crippen molar-refractivity contribution in [2.24, 2.45) is 0 Å². The average Bonchev–Trinajstić information content (AvgIpc) is 3.06. The first-order valence-corrected chi connectivity index (χ1v) is 8.07. The van der Waals surface area contributed by atoms with Crippen LogP contribution in [0.25, 0.3) is 10.2 Å². The molecule has 3 aromatic rings. The van der Waals surface area contributed by atoms with E-state index in [1.807, 2.05) is 30.5 Å². The van der Waals surface area contributed by atoms with Gasteiger partial charge in [-0.3, -0.25) is 0 Å². The number of carboxylic acids is 1. The molecule has 2 heterocycles. The summed E-state index contributed by atoms with van der Waals surface area (Å²) in [4.78, 5) is 15.6. The number of rotatable bonds is 5. The zero-order valence-corrected chi connectivity index (χ0v) is 12.9. The van der Waals surface area contributed by atoms with Crippen molar-refractivity contribution in [3.05, 3.63) is 47.0 Å². The van der Waals surface area contributed by atoms with E-state index in [-0.39, 0.29) is 0 Å². The number of aromatic amines is 1. The van der Waals surface area contributed by atoms with E-state index in [9.17, 15) is 4.79 Å². The number of carbonyl (C=O) groups is 1. The maximum Gasteiger partial charge on any atom is 0.345 e. The van der Waals surface area contributed by atoms with Gasteiger partial charge in [-0.15, -0.1) is 23.1 Å². The van der Waals surface area contributed by atoms with Crippen molar-refractivity contribution in [1.29, 1.82) is 0 Å². The number of H-pyrrole nitrogens is 1. The summed E-state index contributed by atoms with van der Waals surface area (Å²) in [7, 11) is 1.65. The van der Waals surface area contributed by atoms with E-state index in [0.29, 0.717) is 4.88 Å². The lowest BCUT2D eigenvalue weighted by Crippen LogP contribution is -1.89. The summed E-state index contributed by atoms with van der Waals surface area (Å²) in [6.45, 7) is 0. The second kappa shape index (κ2) is 5.83. The summed E-state index contributed by atoms with van der Waals surface area (Å²) in [5.41, 5.74) is 2.08. The summed E-state index contributed by atoms with van der Waals surface area (Å²) >= 11 is 3.00. The first-order valence-electron chi connectivity index (χ1n) is 6.27. The van der Waals surface area contributed by atoms with E-state index < -0.39 is 5.97 Å². The van der Waals surface area contributed by atoms with Crippen molar-refractivity contribution >= 4 is 39.3 Å². The van der Waals surface area contributed by atoms with Gasteiger partial charge in [0.25, 0.3) is 0 Å². The minimum atomic E-state index is -0.879. The van der Waals surface area contributed by atoms with Crippen molar-refractivity contribution in [3.63, 3.8) is 0 Å². The normalized spacial score (nSPS) is 10.9. The average molecular weight is 319 g/mol. The van der Waals surface area contributed by atoms with Gasteiger partial charge in [0.2, 0.25) is 0 Å². The highest BCUT2D eigenvalue weighted by Crippen LogP contribution is 2.36. The van der Waals surface area contributed by atoms with E-state index in [0.717, 1.165) is 26.6 Å². The van der Waals surface area contributed by atoms with Gasteiger partial charge in [0.1, 0.15) is 10.6 Å². The molecule has 0 fully saturated rings. The van der Waals surface area contributed by atoms with Crippen LogP contribution in [0.15, 0.2) is 41.4 Å². The molecule has 2 aromatic heterocycles. The van der Waals surface area contributed by atoms with Crippen molar-refractivity contribution in [3.8, 4) is 5.75 Å². The molecule has 3 rings (SSSR count). The van der Waals surface area contributed by atoms with Crippen LogP contribution >= 0.6 is 23.1 Å². The highest BCUT2D eigenvalue weighted by Gasteiger charge is 2.13. The Balaban J connectivity index is 1.76. The standard InChI is InChI=1S/C15H13NO3S2/c1-19-10-4-2-9(3-5-10)8-20-13-7-16-11-6-12(15(17)18)21-14(11)13/h2-7,16H,8H2,1H3,(H,17,18). The number of nitrogens with one attached hydrogen (secondary N) is 1. The maximum atomic E-state index is 11.0. The second-order valence-electron chi connectivity index (χ2n) is 4.45. The molecule has 0 radical (unpaired) electrons. The fourth-order valence-electron chi connectivity index (χ4n) is 1.99. The SMILES string of the molecule is COc1ccc(CSc2c[nH]c3cc(C(=O)O)sc23)cc1. The Kier molecular flexibility index (Phi) is 3.90. The van der Waals surface area contributed by atoms with Gasteiger partial charge >= 0.3 is 5.97 Å². The van der Waals surface area contributed by atoms with Gasteiger partial charge in [-0.2, -0.15) is 0 Å². The van der Waals surface area contributed by atoms with E-state index >= 15 is 0 Å². The van der Waals surface area contributed by atoms with Crippen LogP contribution in [0.1, 0.15) is 15.2 Å². The third-order valence-electron chi connectivity index (χ3n) is 3.08. The van der Waals surface area contributed by atoms with Crippen LogP contribution < -0.4 is 4.74 Å². The number of carboxylic acid groups (broad SMARTS) is 1. The minimum Gasteiger partial charge on any atom is -0.497 e. The lowest BCUT2D eigenvalue weighted by molar-refractivity contribution is 0.0702. The fourth-order valence-corrected chi connectivity index (χ4v) is 4.06. The Morgan fingerprint density at radius 1 is 1.38 bits per heavy atom. The van der Waals surface area contributed by atoms with Crippen molar-refractivity contribution < 1.29 is 14.6 Å². The summed E-state index contributed by atoms with van der Waals surface area (Å²) in [6, 6.07) is 9.63. The number of aromatic carboxylic acids is 1. The van der Waals surface area contributed by atoms with E-state index in [1.54, 1.807) is 24.9 Å². The van der Waals surface area contributed by atoms with Crippen LogP contribution in [0.5, 0.6) is 5.75 Å². The number of hydrogen-bond donors (Lipinski definition) is 2. The number of thioether (sulfide) groups is 1. The number of thiophene rings is 1. The Morgan fingerprint density at radius 2 is 2.14 bits per heavy atom. The van der Waals surface area contributed by atoms with Gasteiger partial charge in [-0.25, -0.2) is 4.79 Å². The Labute approximate surface area is 129 Å². The zero-order valence-electron chi connectivity index (χ0n) is 11.3. The molecule has 0 aliphatic rings. The molecule has 0 spiro atoms. The smallest absolute Gasteiger partial charge is 0.345 e. The highest BCUT2D eigenvalue weighted by molar-refractivity contribution is 7.98. The van der Waals surface area contributed by atoms with Crippen molar-refractivity contribution in [1.82, 2.24) is 4.98 Å². The molecular weight excluding hydrogens is 306 g/mol. The first-order chi connectivity index (χ1) is 10.2. The molecule has 0 bridgehead atoms. The second-order valence-corrected chi connectivity index (χ2v) is 6.52. The van der Waals surface area contributed by atoms with Crippen LogP contribution in [0.3, 0.4) is 0 Å². The number of fused-ring (bicyclic) bond motifs is 1. The highest BCUT2D eigenvalue weighted by atomic mass is 32.2. The lowest BCUT2D eigenvalue weighted by atomic mass is 10.2. The van der Waals surface area contributed by atoms with Crippen LogP contribution in [0, 0.1) is 0 Å². The predicted octanol–water partition coefficient (Wildman–Crippen LogP) is 4.23. The Bertz CT molecular complexity index is 774. The molecule has 6 heteroatoms. The molecule has 108 valence electrons. The summed E-state index contributed by atoms with van der Waals surface area (Å²) in [5, 5.41) is 9.03. The third kappa shape index (κ3) is 2.91. The zero-order chi connectivity index (χ0) is 14.8. The number of benzene rings is 1. The molecule has 21 heavy (non-hydrogen) atoms. The summed E-state index contributed by atoms with van der Waals surface area (Å²) in [6.07, 6.45) is 1.93. The molecule has 0 saturated carbocycles. The molecule has 0 unspecified atom stereocenters. The monoisotopic (exact) mass is 319 g/mol. The third-order valence-corrected chi connectivity index (χ3v) is 5.48. The Hall–Kier alpha value is -1.92. The molecular formula is C15H13NO3S2. The molecule has 0 aliphatic carbocycles. The molecule has 2 N–H and O–H groups in total. The van der Waals surface area contributed by atoms with Crippen molar-refractivity contribution in [2.45, 2.75) is 10.6 Å². The Morgan fingerprint density at radius 3 is 2.81 bits per heavy atom. The van der Waals surface area contributed by atoms with Gasteiger partial charge < -0.3 is 14.8 Å². The first kappa shape index (κ1) is 14.0. The largest absolute Gasteiger partial charge is 0.497 e. The molecule has 0 atom stereocenters. The van der Waals surface area contributed by atoms with Gasteiger partial charge in [-0.05, 0) is 23.8 Å². The molecule has 0 amide bonds. The quantitative estimate of drug-likeness (QED) is 0.691. The minimum absolute atomic E-state index is 0.364. The topological polar surface area (TPSA) is 62.3 Å². The number of methoxy groups -OCH3 is 1. The lowest BCUT2D eigenvalue weighted by Gasteiger charge is -2.02. The molecule has 0 saturated heterocycles. The van der Waals surface area contributed by atoms with Crippen LogP contribution in [0.4, 0.5) is 0 Å². The van der Waals surface area contributed by atoms with E-state index in [4.69, 9.17) is 9.84 Å². The van der Waals surface area contributed by atoms with Crippen molar-refractivity contribution in [2.75, 3.05) is 7.11 Å². The number of ether oxygens (including phenoxy) is 1. The van der Waals surface area contributed by atoms with E-state index in [1.165, 1.54) is 16.9 Å². The van der Waals surface area contributed by atoms with Gasteiger partial charge in [0.05, 0.1) is 17.3 Å². The summed E-state index contributed by atoms with van der Waals surface area (Å²) in [5.74, 6) is 0.796. The molecule has 0 aliphatic heterocycles. The maximum absolute atomic E-state index is 11.0. The number of aromatic nitrogens is 1. The predicted molar refractivity (Wildman–Crippen MR) is 85.7 cm³/mol. The van der Waals surface area contributed by atoms with E-state index in [2.05, 4.69) is 4.98 Å². The van der Waals surface area contributed by atoms with Gasteiger partial charge in [0.15, 0.2) is 0 Å². The van der Waals surface area contributed by atoms with Crippen LogP contribution in [-0.2, 0) is 5.75 Å². The molecule has 4 nitrogen and oxygen atoms in total. The molecule has 1 aromatic carbocycles.